The first kappa shape index (κ1) is 25.2. The SMILES string of the molecule is C=C/C=C\C(=C/C)CC[C@H](O)/C=C/C1CCC[C@@H]1C/C=C\CCCC(=O)NCC. The van der Waals surface area contributed by atoms with Gasteiger partial charge in [0.2, 0.25) is 5.91 Å². The molecular weight excluding hydrogens is 358 g/mol. The number of unbranched alkanes of at least 4 members (excludes halogenated alkanes) is 1. The van der Waals surface area contributed by atoms with Crippen LogP contribution in [-0.2, 0) is 4.79 Å². The molecule has 1 rings (SSSR count). The Labute approximate surface area is 178 Å². The average Bonchev–Trinajstić information content (AvgIpc) is 3.16. The Kier molecular flexibility index (Phi) is 13.9. The molecule has 0 aromatic heterocycles. The molecule has 0 radical (unpaired) electrons. The third kappa shape index (κ3) is 11.7. The summed E-state index contributed by atoms with van der Waals surface area (Å²) in [6, 6.07) is 0. The summed E-state index contributed by atoms with van der Waals surface area (Å²) in [5.41, 5.74) is 1.23. The van der Waals surface area contributed by atoms with E-state index in [1.54, 1.807) is 6.08 Å². The molecule has 1 fully saturated rings. The first-order chi connectivity index (χ1) is 14.1. The monoisotopic (exact) mass is 399 g/mol. The van der Waals surface area contributed by atoms with Gasteiger partial charge in [0.05, 0.1) is 6.10 Å². The van der Waals surface area contributed by atoms with Gasteiger partial charge in [0.15, 0.2) is 0 Å². The summed E-state index contributed by atoms with van der Waals surface area (Å²) in [7, 11) is 0. The standard InChI is InChI=1S/C26H41NO2/c1-4-7-13-22(5-2)18-20-25(28)21-19-24-16-12-15-23(24)14-10-8-9-11-17-26(29)27-6-3/h4-5,7-8,10,13,19,21,23-25,28H,1,6,9,11-12,14-18,20H2,2-3H3,(H,27,29)/b10-8-,13-7-,21-19+,22-5+/t23-,24?,25-/m0/s1. The van der Waals surface area contributed by atoms with Crippen LogP contribution in [0.5, 0.6) is 0 Å². The van der Waals surface area contributed by atoms with Gasteiger partial charge in [-0.3, -0.25) is 4.79 Å². The fourth-order valence-corrected chi connectivity index (χ4v) is 3.86. The zero-order chi connectivity index (χ0) is 21.3. The third-order valence-electron chi connectivity index (χ3n) is 5.60. The normalized spacial score (nSPS) is 21.4. The molecule has 3 heteroatoms. The van der Waals surface area contributed by atoms with Crippen LogP contribution in [0.1, 0.15) is 71.6 Å². The summed E-state index contributed by atoms with van der Waals surface area (Å²) in [5, 5.41) is 13.2. The molecule has 0 spiro atoms. The minimum atomic E-state index is -0.381. The number of carbonyl (C=O) groups is 1. The molecule has 3 nitrogen and oxygen atoms in total. The largest absolute Gasteiger partial charge is 0.389 e. The number of rotatable bonds is 14. The maximum Gasteiger partial charge on any atom is 0.219 e. The highest BCUT2D eigenvalue weighted by atomic mass is 16.3. The van der Waals surface area contributed by atoms with Gasteiger partial charge in [-0.05, 0) is 70.6 Å². The lowest BCUT2D eigenvalue weighted by atomic mass is 9.91. The predicted molar refractivity (Wildman–Crippen MR) is 125 cm³/mol. The molecule has 3 atom stereocenters. The summed E-state index contributed by atoms with van der Waals surface area (Å²) in [6.07, 6.45) is 25.2. The van der Waals surface area contributed by atoms with Crippen molar-refractivity contribution in [2.24, 2.45) is 11.8 Å². The molecule has 0 aliphatic heterocycles. The van der Waals surface area contributed by atoms with E-state index in [1.165, 1.54) is 24.8 Å². The van der Waals surface area contributed by atoms with E-state index in [0.717, 1.165) is 32.1 Å². The van der Waals surface area contributed by atoms with E-state index in [2.05, 4.69) is 42.3 Å². The van der Waals surface area contributed by atoms with Crippen LogP contribution in [0.3, 0.4) is 0 Å². The highest BCUT2D eigenvalue weighted by Crippen LogP contribution is 2.35. The van der Waals surface area contributed by atoms with Gasteiger partial charge in [-0.2, -0.15) is 0 Å². The Bertz CT molecular complexity index is 586. The number of allylic oxidation sites excluding steroid dienone is 8. The van der Waals surface area contributed by atoms with Crippen LogP contribution in [0.2, 0.25) is 0 Å². The second-order valence-electron chi connectivity index (χ2n) is 7.86. The van der Waals surface area contributed by atoms with Gasteiger partial charge in [0, 0.05) is 13.0 Å². The van der Waals surface area contributed by atoms with E-state index in [4.69, 9.17) is 0 Å². The van der Waals surface area contributed by atoms with Crippen molar-refractivity contribution in [1.82, 2.24) is 5.32 Å². The highest BCUT2D eigenvalue weighted by Gasteiger charge is 2.24. The summed E-state index contributed by atoms with van der Waals surface area (Å²) < 4.78 is 0. The zero-order valence-electron chi connectivity index (χ0n) is 18.5. The van der Waals surface area contributed by atoms with Crippen molar-refractivity contribution in [3.63, 3.8) is 0 Å². The van der Waals surface area contributed by atoms with E-state index in [-0.39, 0.29) is 12.0 Å². The maximum absolute atomic E-state index is 11.4. The Hall–Kier alpha value is -1.87. The van der Waals surface area contributed by atoms with Crippen LogP contribution < -0.4 is 5.32 Å². The van der Waals surface area contributed by atoms with E-state index >= 15 is 0 Å². The van der Waals surface area contributed by atoms with Crippen molar-refractivity contribution in [1.29, 1.82) is 0 Å². The number of nitrogens with one attached hydrogen (secondary N) is 1. The van der Waals surface area contributed by atoms with E-state index in [0.29, 0.717) is 24.8 Å². The van der Waals surface area contributed by atoms with Crippen molar-refractivity contribution in [2.75, 3.05) is 6.54 Å². The molecule has 29 heavy (non-hydrogen) atoms. The molecule has 1 amide bonds. The Morgan fingerprint density at radius 1 is 1.28 bits per heavy atom. The highest BCUT2D eigenvalue weighted by molar-refractivity contribution is 5.75. The second kappa shape index (κ2) is 16.0. The lowest BCUT2D eigenvalue weighted by Gasteiger charge is -2.15. The summed E-state index contributed by atoms with van der Waals surface area (Å²) in [5.74, 6) is 1.41. The van der Waals surface area contributed by atoms with Crippen LogP contribution >= 0.6 is 0 Å². The Balaban J connectivity index is 2.32. The Morgan fingerprint density at radius 2 is 2.10 bits per heavy atom. The average molecular weight is 400 g/mol. The molecule has 162 valence electrons. The number of aliphatic hydroxyl groups excluding tert-OH is 1. The molecule has 2 N–H and O–H groups in total. The van der Waals surface area contributed by atoms with Crippen LogP contribution in [0.4, 0.5) is 0 Å². The fraction of sp³-hybridized carbons (Fsp3) is 0.577. The van der Waals surface area contributed by atoms with Gasteiger partial charge in [0.25, 0.3) is 0 Å². The molecule has 0 aromatic rings. The fourth-order valence-electron chi connectivity index (χ4n) is 3.86. The number of carbonyl (C=O) groups excluding carboxylic acids is 1. The predicted octanol–water partition coefficient (Wildman–Crippen LogP) is 6.04. The van der Waals surface area contributed by atoms with Crippen molar-refractivity contribution < 1.29 is 9.90 Å². The van der Waals surface area contributed by atoms with Crippen LogP contribution in [0, 0.1) is 11.8 Å². The summed E-state index contributed by atoms with van der Waals surface area (Å²) in [6.45, 7) is 8.39. The molecule has 0 bridgehead atoms. The number of hydrogen-bond donors (Lipinski definition) is 2. The third-order valence-corrected chi connectivity index (χ3v) is 5.60. The zero-order valence-corrected chi connectivity index (χ0v) is 18.5. The lowest BCUT2D eigenvalue weighted by Crippen LogP contribution is -2.21. The minimum absolute atomic E-state index is 0.152. The van der Waals surface area contributed by atoms with E-state index in [9.17, 15) is 9.90 Å². The topological polar surface area (TPSA) is 49.3 Å². The molecule has 1 aliphatic carbocycles. The van der Waals surface area contributed by atoms with Gasteiger partial charge in [-0.15, -0.1) is 0 Å². The number of hydrogen-bond acceptors (Lipinski definition) is 2. The van der Waals surface area contributed by atoms with Gasteiger partial charge >= 0.3 is 0 Å². The second-order valence-corrected chi connectivity index (χ2v) is 7.86. The molecule has 1 aliphatic rings. The summed E-state index contributed by atoms with van der Waals surface area (Å²) >= 11 is 0. The number of amides is 1. The van der Waals surface area contributed by atoms with E-state index < -0.39 is 0 Å². The van der Waals surface area contributed by atoms with Gasteiger partial charge in [-0.1, -0.05) is 67.2 Å². The number of aliphatic hydroxyl groups is 1. The smallest absolute Gasteiger partial charge is 0.219 e. The first-order valence-electron chi connectivity index (χ1n) is 11.3. The van der Waals surface area contributed by atoms with Crippen molar-refractivity contribution >= 4 is 5.91 Å². The van der Waals surface area contributed by atoms with Crippen molar-refractivity contribution in [3.8, 4) is 0 Å². The minimum Gasteiger partial charge on any atom is -0.389 e. The van der Waals surface area contributed by atoms with Gasteiger partial charge in [-0.25, -0.2) is 0 Å². The molecular formula is C26H41NO2. The van der Waals surface area contributed by atoms with Crippen molar-refractivity contribution in [3.05, 3.63) is 60.8 Å². The quantitative estimate of drug-likeness (QED) is 0.212. The molecule has 1 saturated carbocycles. The Morgan fingerprint density at radius 3 is 2.83 bits per heavy atom. The van der Waals surface area contributed by atoms with Gasteiger partial charge in [0.1, 0.15) is 0 Å². The van der Waals surface area contributed by atoms with Crippen LogP contribution in [0.15, 0.2) is 60.8 Å². The lowest BCUT2D eigenvalue weighted by molar-refractivity contribution is -0.121. The maximum atomic E-state index is 11.4. The molecule has 0 heterocycles. The van der Waals surface area contributed by atoms with Crippen molar-refractivity contribution in [2.45, 2.75) is 77.7 Å². The molecule has 0 saturated heterocycles. The molecule has 1 unspecified atom stereocenters. The van der Waals surface area contributed by atoms with Crippen LogP contribution in [0.25, 0.3) is 0 Å². The summed E-state index contributed by atoms with van der Waals surface area (Å²) in [4.78, 5) is 11.4. The molecule has 0 aromatic carbocycles. The van der Waals surface area contributed by atoms with Gasteiger partial charge < -0.3 is 10.4 Å². The van der Waals surface area contributed by atoms with Crippen LogP contribution in [-0.4, -0.2) is 23.7 Å². The van der Waals surface area contributed by atoms with E-state index in [1.807, 2.05) is 26.0 Å². The first-order valence-corrected chi connectivity index (χ1v) is 11.3.